The summed E-state index contributed by atoms with van der Waals surface area (Å²) in [6.07, 6.45) is -3.61. The number of alkyl halides is 3. The summed E-state index contributed by atoms with van der Waals surface area (Å²) in [7, 11) is 0. The van der Waals surface area contributed by atoms with Gasteiger partial charge in [-0.15, -0.1) is 13.2 Å². The predicted molar refractivity (Wildman–Crippen MR) is 109 cm³/mol. The molecule has 7 nitrogen and oxygen atoms in total. The molecule has 0 aliphatic rings. The Morgan fingerprint density at radius 1 is 1.18 bits per heavy atom. The van der Waals surface area contributed by atoms with Gasteiger partial charge in [-0.1, -0.05) is 6.07 Å². The number of benzene rings is 1. The van der Waals surface area contributed by atoms with Crippen LogP contribution < -0.4 is 15.6 Å². The largest absolute Gasteiger partial charge is 0.573 e. The number of ether oxygens (including phenoxy) is 1. The van der Waals surface area contributed by atoms with E-state index in [0.29, 0.717) is 12.1 Å². The van der Waals surface area contributed by atoms with Crippen LogP contribution in [0.1, 0.15) is 34.6 Å². The third-order valence-corrected chi connectivity index (χ3v) is 4.56. The number of carbonyl (C=O) groups is 1. The first-order valence-corrected chi connectivity index (χ1v) is 9.79. The second kappa shape index (κ2) is 10.00. The van der Waals surface area contributed by atoms with Crippen molar-refractivity contribution in [2.45, 2.75) is 32.0 Å². The normalized spacial score (nSPS) is 13.3. The van der Waals surface area contributed by atoms with Crippen LogP contribution in [0.2, 0.25) is 0 Å². The van der Waals surface area contributed by atoms with Crippen LogP contribution in [-0.4, -0.2) is 33.0 Å². The van der Waals surface area contributed by atoms with Crippen LogP contribution in [0.5, 0.6) is 5.75 Å². The number of aliphatic hydroxyl groups excluding tert-OH is 1. The molecular weight excluding hydrogens is 465 g/mol. The Morgan fingerprint density at radius 2 is 1.91 bits per heavy atom. The van der Waals surface area contributed by atoms with Crippen molar-refractivity contribution in [1.29, 1.82) is 0 Å². The lowest BCUT2D eigenvalue weighted by Gasteiger charge is -2.20. The molecule has 2 aromatic heterocycles. The molecule has 1 amide bonds. The van der Waals surface area contributed by atoms with Crippen molar-refractivity contribution in [3.8, 4) is 5.75 Å². The second-order valence-corrected chi connectivity index (χ2v) is 7.27. The van der Waals surface area contributed by atoms with Crippen LogP contribution in [0.15, 0.2) is 59.7 Å². The minimum Gasteiger partial charge on any atom is -0.403 e. The lowest BCUT2D eigenvalue weighted by atomic mass is 10.0. The molecule has 2 atom stereocenters. The number of nitrogens with zero attached hydrogens (tertiary/aromatic N) is 2. The average molecular weight is 483 g/mol. The van der Waals surface area contributed by atoms with Gasteiger partial charge >= 0.3 is 6.36 Å². The van der Waals surface area contributed by atoms with Crippen molar-refractivity contribution in [2.75, 3.05) is 0 Å². The van der Waals surface area contributed by atoms with E-state index in [1.807, 2.05) is 0 Å². The second-order valence-electron chi connectivity index (χ2n) is 7.27. The molecular formula is C22H18F5N3O4. The van der Waals surface area contributed by atoms with Crippen LogP contribution in [0, 0.1) is 11.6 Å². The Balaban J connectivity index is 1.99. The lowest BCUT2D eigenvalue weighted by molar-refractivity contribution is -0.275. The van der Waals surface area contributed by atoms with Crippen LogP contribution in [0.4, 0.5) is 22.0 Å². The summed E-state index contributed by atoms with van der Waals surface area (Å²) in [4.78, 5) is 28.7. The fourth-order valence-corrected chi connectivity index (χ4v) is 3.13. The monoisotopic (exact) mass is 483 g/mol. The summed E-state index contributed by atoms with van der Waals surface area (Å²) in [5.41, 5.74) is -0.960. The molecule has 3 aromatic rings. The molecule has 1 unspecified atom stereocenters. The summed E-state index contributed by atoms with van der Waals surface area (Å²) in [6.45, 7) is 1.35. The van der Waals surface area contributed by atoms with E-state index in [4.69, 9.17) is 0 Å². The van der Waals surface area contributed by atoms with Gasteiger partial charge < -0.3 is 19.7 Å². The fraction of sp³-hybridized carbons (Fsp3) is 0.227. The molecule has 0 bridgehead atoms. The molecule has 2 heterocycles. The van der Waals surface area contributed by atoms with Crippen LogP contribution in [0.3, 0.4) is 0 Å². The van der Waals surface area contributed by atoms with Crippen molar-refractivity contribution in [3.05, 3.63) is 93.7 Å². The number of hydrogen-bond donors (Lipinski definition) is 2. The van der Waals surface area contributed by atoms with Crippen molar-refractivity contribution in [1.82, 2.24) is 14.9 Å². The Morgan fingerprint density at radius 3 is 2.53 bits per heavy atom. The molecule has 0 aliphatic carbocycles. The lowest BCUT2D eigenvalue weighted by Crippen LogP contribution is -2.32. The average Bonchev–Trinajstić information content (AvgIpc) is 2.74. The van der Waals surface area contributed by atoms with Gasteiger partial charge in [-0.3, -0.25) is 14.6 Å². The highest BCUT2D eigenvalue weighted by Gasteiger charge is 2.33. The molecule has 0 saturated carbocycles. The number of halogens is 5. The highest BCUT2D eigenvalue weighted by atomic mass is 19.4. The summed E-state index contributed by atoms with van der Waals surface area (Å²) < 4.78 is 70.9. The van der Waals surface area contributed by atoms with Gasteiger partial charge in [-0.25, -0.2) is 8.78 Å². The molecule has 0 fully saturated rings. The number of nitrogens with one attached hydrogen (secondary N) is 1. The van der Waals surface area contributed by atoms with Crippen molar-refractivity contribution in [2.24, 2.45) is 0 Å². The maximum Gasteiger partial charge on any atom is 0.573 e. The Kier molecular flexibility index (Phi) is 7.30. The van der Waals surface area contributed by atoms with Crippen molar-refractivity contribution >= 4 is 5.91 Å². The maximum absolute atomic E-state index is 14.5. The number of rotatable bonds is 7. The van der Waals surface area contributed by atoms with E-state index in [9.17, 15) is 36.6 Å². The Labute approximate surface area is 189 Å². The molecule has 12 heteroatoms. The number of aliphatic hydroxyl groups is 1. The van der Waals surface area contributed by atoms with Gasteiger partial charge in [-0.2, -0.15) is 0 Å². The summed E-state index contributed by atoms with van der Waals surface area (Å²) in [5.74, 6) is -4.17. The Bertz CT molecular complexity index is 1240. The van der Waals surface area contributed by atoms with Gasteiger partial charge in [0.15, 0.2) is 11.6 Å². The van der Waals surface area contributed by atoms with Crippen LogP contribution in [0.25, 0.3) is 0 Å². The first kappa shape index (κ1) is 24.8. The van der Waals surface area contributed by atoms with Gasteiger partial charge in [0.25, 0.3) is 11.5 Å². The molecule has 0 saturated heterocycles. The molecule has 180 valence electrons. The van der Waals surface area contributed by atoms with Crippen molar-refractivity contribution in [3.63, 3.8) is 0 Å². The van der Waals surface area contributed by atoms with E-state index in [0.717, 1.165) is 22.8 Å². The summed E-state index contributed by atoms with van der Waals surface area (Å²) in [5, 5.41) is 12.0. The molecule has 2 N–H and O–H groups in total. The number of aromatic nitrogens is 2. The van der Waals surface area contributed by atoms with Gasteiger partial charge in [0, 0.05) is 18.5 Å². The van der Waals surface area contributed by atoms with Gasteiger partial charge in [0.2, 0.25) is 0 Å². The summed E-state index contributed by atoms with van der Waals surface area (Å²) in [6, 6.07) is 5.60. The maximum atomic E-state index is 14.5. The highest BCUT2D eigenvalue weighted by molar-refractivity contribution is 5.94. The zero-order chi connectivity index (χ0) is 25.0. The molecule has 3 rings (SSSR count). The molecule has 1 aromatic carbocycles. The third kappa shape index (κ3) is 6.16. The fourth-order valence-electron chi connectivity index (χ4n) is 3.13. The van der Waals surface area contributed by atoms with Crippen molar-refractivity contribution < 1.29 is 36.6 Å². The predicted octanol–water partition coefficient (Wildman–Crippen LogP) is 3.32. The van der Waals surface area contributed by atoms with E-state index < -0.39 is 47.4 Å². The Hall–Kier alpha value is -3.80. The van der Waals surface area contributed by atoms with E-state index >= 15 is 0 Å². The van der Waals surface area contributed by atoms with E-state index in [-0.39, 0.29) is 23.4 Å². The third-order valence-electron chi connectivity index (χ3n) is 4.56. The minimum absolute atomic E-state index is 0.0425. The first-order valence-electron chi connectivity index (χ1n) is 9.79. The zero-order valence-corrected chi connectivity index (χ0v) is 17.5. The van der Waals surface area contributed by atoms with Crippen LogP contribution >= 0.6 is 0 Å². The highest BCUT2D eigenvalue weighted by Crippen LogP contribution is 2.30. The van der Waals surface area contributed by atoms with Gasteiger partial charge in [0.05, 0.1) is 24.3 Å². The van der Waals surface area contributed by atoms with E-state index in [1.54, 1.807) is 0 Å². The number of carbonyl (C=O) groups excluding carboxylic acids is 1. The van der Waals surface area contributed by atoms with Gasteiger partial charge in [-0.05, 0) is 42.8 Å². The topological polar surface area (TPSA) is 93.5 Å². The number of pyridine rings is 2. The molecule has 0 aliphatic heterocycles. The smallest absolute Gasteiger partial charge is 0.403 e. The quantitative estimate of drug-likeness (QED) is 0.503. The zero-order valence-electron chi connectivity index (χ0n) is 17.5. The minimum atomic E-state index is -5.13. The standard InChI is InChI=1S/C22H18F5N3O4/c1-12(31)10-30-11-14(5-7-18(30)32)21(33)29-19(20-15(23)3-2-8-28-20)13-4-6-17(16(24)9-13)34-22(25,26)27/h2-9,11-12,19,31H,10H2,1H3,(H,29,33)/t12-,19?/m1/s1. The summed E-state index contributed by atoms with van der Waals surface area (Å²) >= 11 is 0. The SMILES string of the molecule is C[C@@H](O)Cn1cc(C(=O)NC(c2ccc(OC(F)(F)F)c(F)c2)c2ncccc2F)ccc1=O. The molecule has 0 radical (unpaired) electrons. The molecule has 34 heavy (non-hydrogen) atoms. The first-order chi connectivity index (χ1) is 15.9. The molecule has 0 spiro atoms. The number of amides is 1. The van der Waals surface area contributed by atoms with E-state index in [1.165, 1.54) is 31.5 Å². The van der Waals surface area contributed by atoms with E-state index in [2.05, 4.69) is 15.0 Å². The number of hydrogen-bond acceptors (Lipinski definition) is 5. The van der Waals surface area contributed by atoms with Gasteiger partial charge in [0.1, 0.15) is 11.5 Å². The van der Waals surface area contributed by atoms with Crippen LogP contribution in [-0.2, 0) is 6.54 Å².